The molecule has 3 N–H and O–H groups in total. The molecule has 0 fully saturated rings. The lowest BCUT2D eigenvalue weighted by Gasteiger charge is -2.17. The van der Waals surface area contributed by atoms with Crippen LogP contribution in [0.5, 0.6) is 0 Å². The van der Waals surface area contributed by atoms with E-state index in [1.807, 2.05) is 6.92 Å². The van der Waals surface area contributed by atoms with Crippen molar-refractivity contribution >= 4 is 29.1 Å². The maximum Gasteiger partial charge on any atom is 0.256 e. The third kappa shape index (κ3) is 3.63. The quantitative estimate of drug-likeness (QED) is 0.805. The number of halogens is 1. The summed E-state index contributed by atoms with van der Waals surface area (Å²) in [6.45, 7) is 2.34. The monoisotopic (exact) mass is 269 g/mol. The highest BCUT2D eigenvalue weighted by molar-refractivity contribution is 6.31. The number of amides is 2. The van der Waals surface area contributed by atoms with Crippen LogP contribution in [0.2, 0.25) is 5.02 Å². The summed E-state index contributed by atoms with van der Waals surface area (Å²) in [6.07, 6.45) is 0. The number of likely N-dealkylation sites (N-methyl/N-ethyl adjacent to an activating group) is 2. The number of rotatable bonds is 4. The Kier molecular flexibility index (Phi) is 4.97. The molecule has 0 saturated carbocycles. The molecule has 18 heavy (non-hydrogen) atoms. The molecule has 1 aromatic carbocycles. The third-order valence-corrected chi connectivity index (χ3v) is 2.58. The highest BCUT2D eigenvalue weighted by atomic mass is 35.5. The van der Waals surface area contributed by atoms with Gasteiger partial charge in [0.2, 0.25) is 5.91 Å². The van der Waals surface area contributed by atoms with Crippen molar-refractivity contribution in [2.75, 3.05) is 25.9 Å². The minimum atomic E-state index is -0.310. The van der Waals surface area contributed by atoms with Crippen molar-refractivity contribution in [1.82, 2.24) is 10.2 Å². The number of carbonyl (C=O) groups is 2. The van der Waals surface area contributed by atoms with E-state index >= 15 is 0 Å². The van der Waals surface area contributed by atoms with Gasteiger partial charge in [-0.25, -0.2) is 0 Å². The summed E-state index contributed by atoms with van der Waals surface area (Å²) < 4.78 is 0. The Labute approximate surface area is 111 Å². The number of benzene rings is 1. The molecule has 0 aliphatic carbocycles. The van der Waals surface area contributed by atoms with Gasteiger partial charge in [-0.15, -0.1) is 0 Å². The van der Waals surface area contributed by atoms with Crippen molar-refractivity contribution in [1.29, 1.82) is 0 Å². The van der Waals surface area contributed by atoms with Gasteiger partial charge < -0.3 is 16.0 Å². The minimum Gasteiger partial charge on any atom is -0.398 e. The third-order valence-electron chi connectivity index (χ3n) is 2.35. The van der Waals surface area contributed by atoms with Crippen LogP contribution in [0.3, 0.4) is 0 Å². The first kappa shape index (κ1) is 14.3. The average molecular weight is 270 g/mol. The summed E-state index contributed by atoms with van der Waals surface area (Å²) in [5.74, 6) is -0.517. The summed E-state index contributed by atoms with van der Waals surface area (Å²) in [5.41, 5.74) is 6.36. The first-order valence-electron chi connectivity index (χ1n) is 5.53. The Morgan fingerprint density at radius 1 is 1.44 bits per heavy atom. The molecular formula is C12H16ClN3O2. The molecule has 2 amide bonds. The van der Waals surface area contributed by atoms with Gasteiger partial charge in [0.1, 0.15) is 0 Å². The molecule has 1 rings (SSSR count). The van der Waals surface area contributed by atoms with Crippen LogP contribution >= 0.6 is 11.6 Å². The number of nitrogens with zero attached hydrogens (tertiary/aromatic N) is 1. The molecule has 98 valence electrons. The summed E-state index contributed by atoms with van der Waals surface area (Å²) >= 11 is 5.76. The van der Waals surface area contributed by atoms with Crippen LogP contribution in [0.25, 0.3) is 0 Å². The van der Waals surface area contributed by atoms with Crippen LogP contribution < -0.4 is 11.1 Å². The first-order chi connectivity index (χ1) is 8.45. The molecule has 6 heteroatoms. The molecule has 0 aliphatic rings. The molecule has 0 spiro atoms. The van der Waals surface area contributed by atoms with Crippen LogP contribution in [-0.2, 0) is 4.79 Å². The van der Waals surface area contributed by atoms with E-state index in [4.69, 9.17) is 17.3 Å². The van der Waals surface area contributed by atoms with E-state index in [-0.39, 0.29) is 18.4 Å². The molecule has 0 heterocycles. The summed E-state index contributed by atoms with van der Waals surface area (Å²) in [7, 11) is 1.55. The van der Waals surface area contributed by atoms with Crippen LogP contribution in [0.1, 0.15) is 17.3 Å². The molecule has 0 aromatic heterocycles. The van der Waals surface area contributed by atoms with Gasteiger partial charge in [-0.05, 0) is 25.1 Å². The summed E-state index contributed by atoms with van der Waals surface area (Å²) in [4.78, 5) is 24.7. The van der Waals surface area contributed by atoms with Crippen molar-refractivity contribution in [3.05, 3.63) is 28.8 Å². The number of anilines is 1. The van der Waals surface area contributed by atoms with Gasteiger partial charge in [-0.3, -0.25) is 9.59 Å². The van der Waals surface area contributed by atoms with Crippen molar-refractivity contribution in [2.24, 2.45) is 0 Å². The van der Waals surface area contributed by atoms with E-state index in [0.29, 0.717) is 22.8 Å². The maximum atomic E-state index is 12.0. The molecule has 0 aliphatic heterocycles. The summed E-state index contributed by atoms with van der Waals surface area (Å²) in [6, 6.07) is 4.65. The Hall–Kier alpha value is -1.75. The Bertz CT molecular complexity index is 463. The Balaban J connectivity index is 2.77. The van der Waals surface area contributed by atoms with Gasteiger partial charge in [-0.2, -0.15) is 0 Å². The molecule has 0 unspecified atom stereocenters. The molecule has 0 atom stereocenters. The fourth-order valence-electron chi connectivity index (χ4n) is 1.47. The first-order valence-corrected chi connectivity index (χ1v) is 5.90. The number of nitrogen functional groups attached to an aromatic ring is 1. The van der Waals surface area contributed by atoms with Gasteiger partial charge in [0.15, 0.2) is 0 Å². The second kappa shape index (κ2) is 6.26. The zero-order valence-corrected chi connectivity index (χ0v) is 11.1. The van der Waals surface area contributed by atoms with E-state index in [9.17, 15) is 9.59 Å². The molecular weight excluding hydrogens is 254 g/mol. The van der Waals surface area contributed by atoms with Crippen LogP contribution in [0, 0.1) is 0 Å². The zero-order chi connectivity index (χ0) is 13.7. The standard InChI is InChI=1S/C12H16ClN3O2/c1-3-15-11(17)7-16(2)12(18)9-5-4-8(13)6-10(9)14/h4-6H,3,7,14H2,1-2H3,(H,15,17). The minimum absolute atomic E-state index is 0.00522. The number of nitrogens with one attached hydrogen (secondary N) is 1. The molecule has 0 bridgehead atoms. The normalized spacial score (nSPS) is 9.94. The zero-order valence-electron chi connectivity index (χ0n) is 10.4. The molecule has 0 radical (unpaired) electrons. The lowest BCUT2D eigenvalue weighted by Crippen LogP contribution is -2.38. The maximum absolute atomic E-state index is 12.0. The Morgan fingerprint density at radius 3 is 2.67 bits per heavy atom. The van der Waals surface area contributed by atoms with Crippen molar-refractivity contribution in [3.63, 3.8) is 0 Å². The fraction of sp³-hybridized carbons (Fsp3) is 0.333. The van der Waals surface area contributed by atoms with Gasteiger partial charge in [-0.1, -0.05) is 11.6 Å². The summed E-state index contributed by atoms with van der Waals surface area (Å²) in [5, 5.41) is 3.09. The number of hydrogen-bond acceptors (Lipinski definition) is 3. The Morgan fingerprint density at radius 2 is 2.11 bits per heavy atom. The van der Waals surface area contributed by atoms with E-state index in [0.717, 1.165) is 0 Å². The predicted octanol–water partition coefficient (Wildman–Crippen LogP) is 1.13. The second-order valence-corrected chi connectivity index (χ2v) is 4.28. The van der Waals surface area contributed by atoms with Crippen LogP contribution in [0.4, 0.5) is 5.69 Å². The number of nitrogens with two attached hydrogens (primary N) is 1. The molecule has 5 nitrogen and oxygen atoms in total. The largest absolute Gasteiger partial charge is 0.398 e. The topological polar surface area (TPSA) is 75.4 Å². The van der Waals surface area contributed by atoms with Gasteiger partial charge >= 0.3 is 0 Å². The van der Waals surface area contributed by atoms with Gasteiger partial charge in [0.05, 0.1) is 12.1 Å². The van der Waals surface area contributed by atoms with Crippen molar-refractivity contribution < 1.29 is 9.59 Å². The average Bonchev–Trinajstić information content (AvgIpc) is 2.28. The van der Waals surface area contributed by atoms with Gasteiger partial charge in [0.25, 0.3) is 5.91 Å². The van der Waals surface area contributed by atoms with Crippen molar-refractivity contribution in [2.45, 2.75) is 6.92 Å². The predicted molar refractivity (Wildman–Crippen MR) is 71.5 cm³/mol. The molecule has 1 aromatic rings. The van der Waals surface area contributed by atoms with Gasteiger partial charge in [0, 0.05) is 24.3 Å². The number of hydrogen-bond donors (Lipinski definition) is 2. The highest BCUT2D eigenvalue weighted by Crippen LogP contribution is 2.19. The lowest BCUT2D eigenvalue weighted by atomic mass is 10.1. The highest BCUT2D eigenvalue weighted by Gasteiger charge is 2.16. The smallest absolute Gasteiger partial charge is 0.256 e. The van der Waals surface area contributed by atoms with E-state index in [2.05, 4.69) is 5.32 Å². The van der Waals surface area contributed by atoms with Crippen LogP contribution in [0.15, 0.2) is 18.2 Å². The van der Waals surface area contributed by atoms with Crippen LogP contribution in [-0.4, -0.2) is 36.9 Å². The van der Waals surface area contributed by atoms with Crippen molar-refractivity contribution in [3.8, 4) is 0 Å². The van der Waals surface area contributed by atoms with E-state index < -0.39 is 0 Å². The second-order valence-electron chi connectivity index (χ2n) is 3.85. The van der Waals surface area contributed by atoms with E-state index in [1.165, 1.54) is 11.0 Å². The lowest BCUT2D eigenvalue weighted by molar-refractivity contribution is -0.121. The SMILES string of the molecule is CCNC(=O)CN(C)C(=O)c1ccc(Cl)cc1N. The fourth-order valence-corrected chi connectivity index (χ4v) is 1.65. The van der Waals surface area contributed by atoms with E-state index in [1.54, 1.807) is 19.2 Å². The number of carbonyl (C=O) groups excluding carboxylic acids is 2. The molecule has 0 saturated heterocycles.